The second-order valence-electron chi connectivity index (χ2n) is 13.0. The van der Waals surface area contributed by atoms with E-state index in [4.69, 9.17) is 4.74 Å². The van der Waals surface area contributed by atoms with Crippen LogP contribution >= 0.6 is 0 Å². The molecule has 240 valence electrons. The highest BCUT2D eigenvalue weighted by atomic mass is 16.5. The van der Waals surface area contributed by atoms with Crippen LogP contribution in [0.5, 0.6) is 0 Å². The number of likely N-dealkylation sites (tertiary alicyclic amines) is 1. The Hall–Kier alpha value is -3.75. The van der Waals surface area contributed by atoms with Crippen LogP contribution in [0.4, 0.5) is 5.69 Å². The topological polar surface area (TPSA) is 90.4 Å². The maximum Gasteiger partial charge on any atom is 0.253 e. The monoisotopic (exact) mass is 613 g/mol. The van der Waals surface area contributed by atoms with Crippen molar-refractivity contribution >= 4 is 23.4 Å². The summed E-state index contributed by atoms with van der Waals surface area (Å²) < 4.78 is 6.92. The molecule has 3 saturated heterocycles. The highest BCUT2D eigenvalue weighted by Crippen LogP contribution is 2.63. The molecule has 1 spiro atoms. The zero-order chi connectivity index (χ0) is 32.4. The van der Waals surface area contributed by atoms with E-state index in [0.29, 0.717) is 45.3 Å². The molecule has 2 bridgehead atoms. The fraction of sp³-hybridized carbons (Fsp3) is 0.486. The molecule has 3 aliphatic heterocycles. The number of hydrogen-bond acceptors (Lipinski definition) is 5. The highest BCUT2D eigenvalue weighted by molar-refractivity contribution is 6.05. The fourth-order valence-corrected chi connectivity index (χ4v) is 8.08. The Morgan fingerprint density at radius 3 is 2.31 bits per heavy atom. The van der Waals surface area contributed by atoms with Crippen LogP contribution in [-0.4, -0.2) is 76.1 Å². The lowest BCUT2D eigenvalue weighted by Gasteiger charge is -2.37. The molecule has 3 heterocycles. The number of carbonyl (C=O) groups excluding carboxylic acids is 3. The second-order valence-corrected chi connectivity index (χ2v) is 13.0. The molecular weight excluding hydrogens is 566 g/mol. The van der Waals surface area contributed by atoms with E-state index in [9.17, 15) is 19.5 Å². The Kier molecular flexibility index (Phi) is 9.65. The number of aryl methyl sites for hydroxylation is 2. The van der Waals surface area contributed by atoms with Gasteiger partial charge in [0.25, 0.3) is 5.91 Å². The summed E-state index contributed by atoms with van der Waals surface area (Å²) >= 11 is 0. The number of benzene rings is 2. The first-order valence-corrected chi connectivity index (χ1v) is 16.2. The van der Waals surface area contributed by atoms with Crippen molar-refractivity contribution in [2.24, 2.45) is 11.8 Å². The van der Waals surface area contributed by atoms with Gasteiger partial charge >= 0.3 is 0 Å². The van der Waals surface area contributed by atoms with Crippen molar-refractivity contribution < 1.29 is 24.2 Å². The lowest BCUT2D eigenvalue weighted by molar-refractivity contribution is -0.150. The fourth-order valence-electron chi connectivity index (χ4n) is 8.08. The molecule has 8 nitrogen and oxygen atoms in total. The van der Waals surface area contributed by atoms with Crippen molar-refractivity contribution in [3.8, 4) is 0 Å². The van der Waals surface area contributed by atoms with Crippen LogP contribution in [0.15, 0.2) is 73.8 Å². The summed E-state index contributed by atoms with van der Waals surface area (Å²) in [5, 5.41) is 9.38. The van der Waals surface area contributed by atoms with Crippen molar-refractivity contribution in [2.45, 2.75) is 76.7 Å². The van der Waals surface area contributed by atoms with E-state index in [1.165, 1.54) is 0 Å². The molecule has 0 saturated carbocycles. The van der Waals surface area contributed by atoms with E-state index in [1.54, 1.807) is 26.9 Å². The average Bonchev–Trinajstić information content (AvgIpc) is 3.59. The van der Waals surface area contributed by atoms with Crippen molar-refractivity contribution in [3.63, 3.8) is 0 Å². The lowest BCUT2D eigenvalue weighted by atomic mass is 9.66. The highest BCUT2D eigenvalue weighted by Gasteiger charge is 2.78. The number of fused-ring (bicyclic) bond motifs is 1. The van der Waals surface area contributed by atoms with E-state index in [-0.39, 0.29) is 30.9 Å². The molecular formula is C37H47N3O5. The summed E-state index contributed by atoms with van der Waals surface area (Å²) in [6, 6.07) is 14.8. The number of rotatable bonds is 14. The van der Waals surface area contributed by atoms with Gasteiger partial charge in [0.1, 0.15) is 11.6 Å². The van der Waals surface area contributed by atoms with E-state index < -0.39 is 29.1 Å². The van der Waals surface area contributed by atoms with Crippen LogP contribution in [0.25, 0.3) is 0 Å². The molecule has 45 heavy (non-hydrogen) atoms. The Morgan fingerprint density at radius 2 is 1.67 bits per heavy atom. The van der Waals surface area contributed by atoms with Gasteiger partial charge in [-0.1, -0.05) is 60.7 Å². The number of amides is 3. The Bertz CT molecular complexity index is 1420. The predicted octanol–water partition coefficient (Wildman–Crippen LogP) is 4.96. The number of hydrogen-bond donors (Lipinski definition) is 1. The zero-order valence-corrected chi connectivity index (χ0v) is 26.9. The number of ether oxygens (including phenoxy) is 1. The molecule has 3 fully saturated rings. The number of unbranched alkanes of at least 4 members (excludes halogenated alkanes) is 2. The molecule has 0 radical (unpaired) electrons. The summed E-state index contributed by atoms with van der Waals surface area (Å²) in [5.74, 6) is -2.06. The Balaban J connectivity index is 1.56. The third-order valence-corrected chi connectivity index (χ3v) is 10.00. The molecule has 3 amide bonds. The van der Waals surface area contributed by atoms with Crippen molar-refractivity contribution in [1.82, 2.24) is 9.80 Å². The minimum atomic E-state index is -1.12. The first kappa shape index (κ1) is 32.6. The summed E-state index contributed by atoms with van der Waals surface area (Å²) in [7, 11) is 0. The van der Waals surface area contributed by atoms with Crippen molar-refractivity contribution in [3.05, 3.63) is 90.5 Å². The lowest BCUT2D eigenvalue weighted by Crippen LogP contribution is -2.57. The van der Waals surface area contributed by atoms with Gasteiger partial charge in [0.15, 0.2) is 0 Å². The van der Waals surface area contributed by atoms with Crippen LogP contribution in [0.1, 0.15) is 55.7 Å². The molecule has 5 rings (SSSR count). The first-order valence-electron chi connectivity index (χ1n) is 16.2. The van der Waals surface area contributed by atoms with Crippen molar-refractivity contribution in [1.29, 1.82) is 0 Å². The second kappa shape index (κ2) is 13.3. The molecule has 2 aromatic carbocycles. The first-order chi connectivity index (χ1) is 21.6. The quantitative estimate of drug-likeness (QED) is 0.240. The van der Waals surface area contributed by atoms with E-state index >= 15 is 0 Å². The molecule has 5 atom stereocenters. The summed E-state index contributed by atoms with van der Waals surface area (Å²) in [4.78, 5) is 49.3. The van der Waals surface area contributed by atoms with E-state index in [0.717, 1.165) is 28.8 Å². The smallest absolute Gasteiger partial charge is 0.253 e. The number of carbonyl (C=O) groups is 3. The molecule has 2 unspecified atom stereocenters. The Morgan fingerprint density at radius 1 is 0.978 bits per heavy atom. The van der Waals surface area contributed by atoms with E-state index in [2.05, 4.69) is 13.2 Å². The zero-order valence-electron chi connectivity index (χ0n) is 26.9. The minimum absolute atomic E-state index is 0.0706. The summed E-state index contributed by atoms with van der Waals surface area (Å²) in [6.45, 7) is 15.2. The van der Waals surface area contributed by atoms with Gasteiger partial charge in [-0.25, -0.2) is 0 Å². The molecule has 8 heteroatoms. The van der Waals surface area contributed by atoms with Crippen LogP contribution in [0, 0.1) is 25.7 Å². The van der Waals surface area contributed by atoms with Gasteiger partial charge in [0, 0.05) is 38.5 Å². The van der Waals surface area contributed by atoms with Gasteiger partial charge in [-0.15, -0.1) is 13.2 Å². The SMILES string of the molecule is C=CCN(Cc1ccccc1)C(=O)[C@H]1[C@H]2C(=O)N(CCCCCO)C(C(=O)N(CC=C)c3c(C)cccc3C)C23CC[C@]1(C)O3. The van der Waals surface area contributed by atoms with Gasteiger partial charge < -0.3 is 24.5 Å². The summed E-state index contributed by atoms with van der Waals surface area (Å²) in [6.07, 6.45) is 6.48. The standard InChI is InChI=1S/C37H47N3O5/c1-6-21-38(25-28-17-10-8-11-18-28)33(42)29-30-34(43)40(23-12-9-13-24-41)32(37(30)20-19-36(29,5)45-37)35(44)39(22-7-2)31-26(3)15-14-16-27(31)4/h6-8,10-11,14-18,29-30,32,41H,1-2,9,12-13,19-25H2,3-5H3/t29-,30+,32?,36+,37?/m1/s1. The van der Waals surface area contributed by atoms with Crippen LogP contribution in [0.2, 0.25) is 0 Å². The molecule has 0 aromatic heterocycles. The maximum absolute atomic E-state index is 14.9. The largest absolute Gasteiger partial charge is 0.396 e. The van der Waals surface area contributed by atoms with Gasteiger partial charge in [0.2, 0.25) is 11.8 Å². The number of nitrogens with zero attached hydrogens (tertiary/aromatic N) is 3. The van der Waals surface area contributed by atoms with Crippen LogP contribution in [0.3, 0.4) is 0 Å². The minimum Gasteiger partial charge on any atom is -0.396 e. The van der Waals surface area contributed by atoms with Gasteiger partial charge in [-0.05, 0) is 69.6 Å². The van der Waals surface area contributed by atoms with Crippen molar-refractivity contribution in [2.75, 3.05) is 31.1 Å². The molecule has 0 aliphatic carbocycles. The summed E-state index contributed by atoms with van der Waals surface area (Å²) in [5.41, 5.74) is 1.70. The average molecular weight is 614 g/mol. The third kappa shape index (κ3) is 5.74. The number of aliphatic hydroxyl groups excluding tert-OH is 1. The molecule has 2 aromatic rings. The number of anilines is 1. The normalized spacial score (nSPS) is 26.5. The maximum atomic E-state index is 14.9. The van der Waals surface area contributed by atoms with E-state index in [1.807, 2.05) is 69.3 Å². The number of aliphatic hydroxyl groups is 1. The van der Waals surface area contributed by atoms with Crippen LogP contribution in [-0.2, 0) is 25.7 Å². The van der Waals surface area contributed by atoms with Gasteiger partial charge in [-0.2, -0.15) is 0 Å². The molecule has 3 aliphatic rings. The van der Waals surface area contributed by atoms with Gasteiger partial charge in [0.05, 0.1) is 17.4 Å². The number of para-hydroxylation sites is 1. The van der Waals surface area contributed by atoms with Crippen LogP contribution < -0.4 is 4.90 Å². The molecule has 1 N–H and O–H groups in total. The third-order valence-electron chi connectivity index (χ3n) is 10.00. The predicted molar refractivity (Wildman–Crippen MR) is 175 cm³/mol. The van der Waals surface area contributed by atoms with Gasteiger partial charge in [-0.3, -0.25) is 14.4 Å². The Labute approximate surface area is 267 Å².